The highest BCUT2D eigenvalue weighted by molar-refractivity contribution is 7.99. The zero-order chi connectivity index (χ0) is 11.2. The second kappa shape index (κ2) is 6.31. The molecule has 1 aliphatic rings. The van der Waals surface area contributed by atoms with Gasteiger partial charge in [-0.15, -0.1) is 0 Å². The Kier molecular flexibility index (Phi) is 4.73. The van der Waals surface area contributed by atoms with E-state index in [2.05, 4.69) is 48.3 Å². The molecule has 1 aromatic rings. The van der Waals surface area contributed by atoms with Crippen LogP contribution in [0.5, 0.6) is 0 Å². The minimum atomic E-state index is 0.857. The number of nitrogens with one attached hydrogen (secondary N) is 1. The minimum Gasteiger partial charge on any atom is -0.317 e. The Bertz CT molecular complexity index is 316. The molecule has 1 heterocycles. The molecule has 1 aliphatic heterocycles. The highest BCUT2D eigenvalue weighted by Crippen LogP contribution is 2.25. The molecule has 1 atom stereocenters. The van der Waals surface area contributed by atoms with Crippen LogP contribution in [0.2, 0.25) is 0 Å². The standard InChI is InChI=1S/C14H21NS/c1-12-4-2-5-13(10-12)11-16-14-6-3-8-15-9-7-14/h2,4-5,10,14-15H,3,6-9,11H2,1H3. The van der Waals surface area contributed by atoms with Crippen LogP contribution in [-0.4, -0.2) is 18.3 Å². The highest BCUT2D eigenvalue weighted by Gasteiger charge is 2.11. The first-order valence-corrected chi connectivity index (χ1v) is 7.27. The van der Waals surface area contributed by atoms with Crippen molar-refractivity contribution < 1.29 is 0 Å². The smallest absolute Gasteiger partial charge is 0.0187 e. The van der Waals surface area contributed by atoms with Crippen molar-refractivity contribution in [3.8, 4) is 0 Å². The molecule has 2 heteroatoms. The summed E-state index contributed by atoms with van der Waals surface area (Å²) in [5, 5.41) is 4.33. The first-order valence-electron chi connectivity index (χ1n) is 6.22. The van der Waals surface area contributed by atoms with Gasteiger partial charge in [0.05, 0.1) is 0 Å². The van der Waals surface area contributed by atoms with E-state index >= 15 is 0 Å². The maximum atomic E-state index is 3.47. The molecule has 1 unspecified atom stereocenters. The van der Waals surface area contributed by atoms with E-state index in [0.29, 0.717) is 0 Å². The lowest BCUT2D eigenvalue weighted by atomic mass is 10.2. The molecule has 16 heavy (non-hydrogen) atoms. The Labute approximate surface area is 103 Å². The van der Waals surface area contributed by atoms with E-state index < -0.39 is 0 Å². The largest absolute Gasteiger partial charge is 0.317 e. The summed E-state index contributed by atoms with van der Waals surface area (Å²) in [6, 6.07) is 8.89. The minimum absolute atomic E-state index is 0.857. The van der Waals surface area contributed by atoms with Gasteiger partial charge in [-0.3, -0.25) is 0 Å². The number of rotatable bonds is 3. The van der Waals surface area contributed by atoms with E-state index in [0.717, 1.165) is 5.25 Å². The molecular weight excluding hydrogens is 214 g/mol. The first-order chi connectivity index (χ1) is 7.84. The van der Waals surface area contributed by atoms with E-state index in [1.807, 2.05) is 0 Å². The first kappa shape index (κ1) is 12.0. The molecule has 1 saturated heterocycles. The monoisotopic (exact) mass is 235 g/mol. The van der Waals surface area contributed by atoms with Gasteiger partial charge in [-0.25, -0.2) is 0 Å². The topological polar surface area (TPSA) is 12.0 Å². The fourth-order valence-corrected chi connectivity index (χ4v) is 3.40. The molecule has 0 bridgehead atoms. The van der Waals surface area contributed by atoms with Gasteiger partial charge >= 0.3 is 0 Å². The SMILES string of the molecule is Cc1cccc(CSC2CCCNCC2)c1. The van der Waals surface area contributed by atoms with Gasteiger partial charge in [0.15, 0.2) is 0 Å². The van der Waals surface area contributed by atoms with Crippen molar-refractivity contribution in [3.05, 3.63) is 35.4 Å². The predicted octanol–water partition coefficient (Wildman–Crippen LogP) is 3.37. The van der Waals surface area contributed by atoms with Crippen molar-refractivity contribution in [2.45, 2.75) is 37.2 Å². The highest BCUT2D eigenvalue weighted by atomic mass is 32.2. The summed E-state index contributed by atoms with van der Waals surface area (Å²) in [4.78, 5) is 0. The van der Waals surface area contributed by atoms with E-state index in [1.54, 1.807) is 0 Å². The molecule has 0 spiro atoms. The van der Waals surface area contributed by atoms with Crippen LogP contribution in [0.3, 0.4) is 0 Å². The molecule has 0 aromatic heterocycles. The van der Waals surface area contributed by atoms with E-state index in [1.165, 1.54) is 49.2 Å². The molecule has 0 amide bonds. The molecular formula is C14H21NS. The van der Waals surface area contributed by atoms with Gasteiger partial charge in [-0.05, 0) is 44.8 Å². The van der Waals surface area contributed by atoms with E-state index in [4.69, 9.17) is 0 Å². The van der Waals surface area contributed by atoms with Crippen LogP contribution in [-0.2, 0) is 5.75 Å². The molecule has 1 aromatic carbocycles. The summed E-state index contributed by atoms with van der Waals surface area (Å²) in [6.07, 6.45) is 4.05. The molecule has 88 valence electrons. The third-order valence-electron chi connectivity index (χ3n) is 3.09. The van der Waals surface area contributed by atoms with Crippen LogP contribution in [0.4, 0.5) is 0 Å². The lowest BCUT2D eigenvalue weighted by Gasteiger charge is -2.13. The van der Waals surface area contributed by atoms with Crippen molar-refractivity contribution in [1.82, 2.24) is 5.32 Å². The summed E-state index contributed by atoms with van der Waals surface area (Å²) in [5.41, 5.74) is 2.85. The van der Waals surface area contributed by atoms with Crippen LogP contribution in [0.15, 0.2) is 24.3 Å². The molecule has 2 rings (SSSR count). The summed E-state index contributed by atoms with van der Waals surface area (Å²) < 4.78 is 0. The Balaban J connectivity index is 1.81. The molecule has 1 nitrogen and oxygen atoms in total. The van der Waals surface area contributed by atoms with Crippen LogP contribution < -0.4 is 5.32 Å². The number of aryl methyl sites for hydroxylation is 1. The van der Waals surface area contributed by atoms with Gasteiger partial charge in [0.1, 0.15) is 0 Å². The van der Waals surface area contributed by atoms with Gasteiger partial charge in [0.25, 0.3) is 0 Å². The number of benzene rings is 1. The average molecular weight is 235 g/mol. The van der Waals surface area contributed by atoms with Crippen molar-refractivity contribution in [2.24, 2.45) is 0 Å². The fraction of sp³-hybridized carbons (Fsp3) is 0.571. The lowest BCUT2D eigenvalue weighted by molar-refractivity contribution is 0.703. The number of thioether (sulfide) groups is 1. The lowest BCUT2D eigenvalue weighted by Crippen LogP contribution is -2.14. The van der Waals surface area contributed by atoms with Crippen molar-refractivity contribution in [3.63, 3.8) is 0 Å². The second-order valence-electron chi connectivity index (χ2n) is 4.60. The van der Waals surface area contributed by atoms with Crippen molar-refractivity contribution in [1.29, 1.82) is 0 Å². The van der Waals surface area contributed by atoms with Gasteiger partial charge in [0.2, 0.25) is 0 Å². The normalized spacial score (nSPS) is 21.7. The number of hydrogen-bond acceptors (Lipinski definition) is 2. The molecule has 0 radical (unpaired) electrons. The molecule has 1 fully saturated rings. The van der Waals surface area contributed by atoms with Gasteiger partial charge in [-0.1, -0.05) is 29.8 Å². The zero-order valence-corrected chi connectivity index (χ0v) is 10.9. The number of hydrogen-bond donors (Lipinski definition) is 1. The third kappa shape index (κ3) is 3.84. The maximum absolute atomic E-state index is 3.47. The van der Waals surface area contributed by atoms with Crippen molar-refractivity contribution in [2.75, 3.05) is 13.1 Å². The van der Waals surface area contributed by atoms with Gasteiger partial charge in [-0.2, -0.15) is 11.8 Å². The average Bonchev–Trinajstić information content (AvgIpc) is 2.55. The van der Waals surface area contributed by atoms with Crippen LogP contribution >= 0.6 is 11.8 Å². The molecule has 0 saturated carbocycles. The third-order valence-corrected chi connectivity index (χ3v) is 4.53. The molecule has 1 N–H and O–H groups in total. The van der Waals surface area contributed by atoms with Crippen LogP contribution in [0, 0.1) is 6.92 Å². The molecule has 0 aliphatic carbocycles. The van der Waals surface area contributed by atoms with Crippen LogP contribution in [0.1, 0.15) is 30.4 Å². The predicted molar refractivity (Wildman–Crippen MR) is 73.0 cm³/mol. The Morgan fingerprint density at radius 1 is 1.31 bits per heavy atom. The summed E-state index contributed by atoms with van der Waals surface area (Å²) >= 11 is 2.13. The fourth-order valence-electron chi connectivity index (χ4n) is 2.17. The van der Waals surface area contributed by atoms with E-state index in [-0.39, 0.29) is 0 Å². The Morgan fingerprint density at radius 3 is 3.12 bits per heavy atom. The Hall–Kier alpha value is -0.470. The van der Waals surface area contributed by atoms with E-state index in [9.17, 15) is 0 Å². The zero-order valence-electron chi connectivity index (χ0n) is 10.0. The second-order valence-corrected chi connectivity index (χ2v) is 5.89. The van der Waals surface area contributed by atoms with Crippen molar-refractivity contribution >= 4 is 11.8 Å². The maximum Gasteiger partial charge on any atom is 0.0187 e. The Morgan fingerprint density at radius 2 is 2.25 bits per heavy atom. The quantitative estimate of drug-likeness (QED) is 0.862. The van der Waals surface area contributed by atoms with Gasteiger partial charge < -0.3 is 5.32 Å². The van der Waals surface area contributed by atoms with Gasteiger partial charge in [0, 0.05) is 11.0 Å². The van der Waals surface area contributed by atoms with Crippen LogP contribution in [0.25, 0.3) is 0 Å². The summed E-state index contributed by atoms with van der Waals surface area (Å²) in [7, 11) is 0. The summed E-state index contributed by atoms with van der Waals surface area (Å²) in [6.45, 7) is 4.58. The summed E-state index contributed by atoms with van der Waals surface area (Å²) in [5.74, 6) is 1.17.